The first-order chi connectivity index (χ1) is 13.8. The van der Waals surface area contributed by atoms with Gasteiger partial charge in [0, 0.05) is 24.9 Å². The van der Waals surface area contributed by atoms with Gasteiger partial charge in [0.25, 0.3) is 5.56 Å². The van der Waals surface area contributed by atoms with E-state index in [2.05, 4.69) is 15.3 Å². The van der Waals surface area contributed by atoms with Gasteiger partial charge < -0.3 is 19.9 Å². The fourth-order valence-corrected chi connectivity index (χ4v) is 5.88. The number of aromatic nitrogens is 2. The number of hydrogen-bond donors (Lipinski definition) is 2. The van der Waals surface area contributed by atoms with Crippen molar-refractivity contribution in [1.29, 1.82) is 0 Å². The molecule has 29 heavy (non-hydrogen) atoms. The van der Waals surface area contributed by atoms with Crippen LogP contribution in [-0.2, 0) is 20.7 Å². The highest BCUT2D eigenvalue weighted by molar-refractivity contribution is 7.18. The van der Waals surface area contributed by atoms with Gasteiger partial charge >= 0.3 is 0 Å². The first kappa shape index (κ1) is 18.5. The summed E-state index contributed by atoms with van der Waals surface area (Å²) < 4.78 is 6.01. The summed E-state index contributed by atoms with van der Waals surface area (Å²) in [6.45, 7) is 4.71. The molecule has 0 unspecified atom stereocenters. The van der Waals surface area contributed by atoms with E-state index in [-0.39, 0.29) is 23.5 Å². The number of ether oxygens (including phenoxy) is 1. The maximum atomic E-state index is 12.9. The molecule has 4 atom stereocenters. The maximum Gasteiger partial charge on any atom is 0.259 e. The third kappa shape index (κ3) is 2.60. The second-order valence-electron chi connectivity index (χ2n) is 8.11. The smallest absolute Gasteiger partial charge is 0.259 e. The number of hydrogen-bond acceptors (Lipinski definition) is 6. The van der Waals surface area contributed by atoms with E-state index in [4.69, 9.17) is 4.74 Å². The van der Waals surface area contributed by atoms with Crippen molar-refractivity contribution in [2.24, 2.45) is 11.8 Å². The quantitative estimate of drug-likeness (QED) is 0.716. The number of carbonyl (C=O) groups is 2. The summed E-state index contributed by atoms with van der Waals surface area (Å²) in [5, 5.41) is 3.54. The van der Waals surface area contributed by atoms with Crippen molar-refractivity contribution in [2.45, 2.75) is 32.0 Å². The molecule has 2 amide bonds. The number of likely N-dealkylation sites (tertiary alicyclic amines) is 1. The molecule has 2 bridgehead atoms. The predicted octanol–water partition coefficient (Wildman–Crippen LogP) is 0.672. The van der Waals surface area contributed by atoms with Gasteiger partial charge in [-0.15, -0.1) is 11.3 Å². The Bertz CT molecular complexity index is 1140. The van der Waals surface area contributed by atoms with Crippen LogP contribution in [0.2, 0.25) is 0 Å². The number of thiophene rings is 1. The monoisotopic (exact) mass is 414 g/mol. The van der Waals surface area contributed by atoms with E-state index in [0.717, 1.165) is 15.3 Å². The second kappa shape index (κ2) is 6.24. The molecule has 5 heterocycles. The Morgan fingerprint density at radius 2 is 2.24 bits per heavy atom. The number of aryl methyl sites for hydroxylation is 2. The molecule has 2 N–H and O–H groups in total. The summed E-state index contributed by atoms with van der Waals surface area (Å²) in [6, 6.07) is 0. The first-order valence-corrected chi connectivity index (χ1v) is 10.5. The minimum atomic E-state index is -0.661. The number of H-pyrrole nitrogens is 1. The molecular weight excluding hydrogens is 392 g/mol. The molecule has 0 radical (unpaired) electrons. The van der Waals surface area contributed by atoms with Crippen LogP contribution < -0.4 is 10.9 Å². The van der Waals surface area contributed by atoms with E-state index in [1.54, 1.807) is 11.9 Å². The van der Waals surface area contributed by atoms with Crippen LogP contribution in [0.4, 0.5) is 0 Å². The lowest BCUT2D eigenvalue weighted by atomic mass is 9.77. The fraction of sp³-hybridized carbons (Fsp3) is 0.500. The van der Waals surface area contributed by atoms with Crippen molar-refractivity contribution in [2.75, 3.05) is 20.1 Å². The summed E-state index contributed by atoms with van der Waals surface area (Å²) in [5.41, 5.74) is 0.153. The van der Waals surface area contributed by atoms with Gasteiger partial charge in [-0.1, -0.05) is 12.2 Å². The van der Waals surface area contributed by atoms with Crippen LogP contribution in [0.15, 0.2) is 16.9 Å². The van der Waals surface area contributed by atoms with E-state index in [1.165, 1.54) is 11.3 Å². The van der Waals surface area contributed by atoms with Gasteiger partial charge in [-0.05, 0) is 19.4 Å². The molecule has 1 spiro atoms. The van der Waals surface area contributed by atoms with Gasteiger partial charge in [0.05, 0.1) is 29.9 Å². The topological polar surface area (TPSA) is 104 Å². The molecular formula is C20H22N4O4S. The fourth-order valence-electron chi connectivity index (χ4n) is 4.83. The van der Waals surface area contributed by atoms with Crippen LogP contribution >= 0.6 is 11.3 Å². The molecule has 2 aromatic heterocycles. The van der Waals surface area contributed by atoms with Gasteiger partial charge in [-0.25, -0.2) is 4.98 Å². The minimum Gasteiger partial charge on any atom is -0.360 e. The van der Waals surface area contributed by atoms with E-state index >= 15 is 0 Å². The summed E-state index contributed by atoms with van der Waals surface area (Å²) in [7, 11) is 1.74. The van der Waals surface area contributed by atoms with Crippen LogP contribution in [0, 0.1) is 25.7 Å². The molecule has 3 aliphatic heterocycles. The minimum absolute atomic E-state index is 0.0446. The number of nitrogens with one attached hydrogen (secondary N) is 2. The van der Waals surface area contributed by atoms with Gasteiger partial charge in [0.15, 0.2) is 0 Å². The first-order valence-electron chi connectivity index (χ1n) is 9.69. The lowest BCUT2D eigenvalue weighted by Crippen LogP contribution is -2.44. The number of likely N-dealkylation sites (N-methyl/N-ethyl adjacent to an activating group) is 1. The third-order valence-corrected chi connectivity index (χ3v) is 7.44. The molecule has 2 fully saturated rings. The number of rotatable bonds is 4. The van der Waals surface area contributed by atoms with Crippen LogP contribution in [0.1, 0.15) is 16.3 Å². The summed E-state index contributed by atoms with van der Waals surface area (Å²) in [6.07, 6.45) is 3.87. The Morgan fingerprint density at radius 1 is 1.45 bits per heavy atom. The average Bonchev–Trinajstić information content (AvgIpc) is 3.35. The number of amides is 2. The Hall–Kier alpha value is -2.52. The van der Waals surface area contributed by atoms with Crippen LogP contribution in [0.5, 0.6) is 0 Å². The van der Waals surface area contributed by atoms with Crippen molar-refractivity contribution in [3.8, 4) is 0 Å². The van der Waals surface area contributed by atoms with Crippen LogP contribution in [0.3, 0.4) is 0 Å². The zero-order valence-corrected chi connectivity index (χ0v) is 17.3. The van der Waals surface area contributed by atoms with E-state index in [9.17, 15) is 14.4 Å². The standard InChI is InChI=1S/C20H22N4O4S/c1-9-10(2)29-18-13(9)17(26)22-12(23-18)5-7-21-16(25)14-11-4-6-20(28-11)8-24(3)19(27)15(14)20/h4,6,11,14-15H,5,7-8H2,1-3H3,(H,21,25)(H,22,23,26)/t11-,14-,15+,20-/m0/s1. The van der Waals surface area contributed by atoms with E-state index < -0.39 is 17.4 Å². The summed E-state index contributed by atoms with van der Waals surface area (Å²) in [4.78, 5) is 48.6. The highest BCUT2D eigenvalue weighted by atomic mass is 32.1. The molecule has 2 saturated heterocycles. The molecule has 0 aromatic carbocycles. The zero-order chi connectivity index (χ0) is 20.5. The summed E-state index contributed by atoms with van der Waals surface area (Å²) in [5.74, 6) is -0.678. The molecule has 3 aliphatic rings. The number of nitrogens with zero attached hydrogens (tertiary/aromatic N) is 2. The van der Waals surface area contributed by atoms with Crippen molar-refractivity contribution < 1.29 is 14.3 Å². The largest absolute Gasteiger partial charge is 0.360 e. The normalized spacial score (nSPS) is 29.8. The zero-order valence-electron chi connectivity index (χ0n) is 16.4. The third-order valence-electron chi connectivity index (χ3n) is 6.34. The predicted molar refractivity (Wildman–Crippen MR) is 108 cm³/mol. The maximum absolute atomic E-state index is 12.9. The molecule has 5 rings (SSSR count). The highest BCUT2D eigenvalue weighted by Crippen LogP contribution is 2.51. The van der Waals surface area contributed by atoms with Crippen molar-refractivity contribution >= 4 is 33.4 Å². The van der Waals surface area contributed by atoms with Crippen molar-refractivity contribution in [3.05, 3.63) is 38.8 Å². The van der Waals surface area contributed by atoms with Gasteiger partial charge in [0.2, 0.25) is 11.8 Å². The van der Waals surface area contributed by atoms with E-state index in [0.29, 0.717) is 30.7 Å². The summed E-state index contributed by atoms with van der Waals surface area (Å²) >= 11 is 1.50. The molecule has 0 saturated carbocycles. The lowest BCUT2D eigenvalue weighted by molar-refractivity contribution is -0.136. The molecule has 8 nitrogen and oxygen atoms in total. The van der Waals surface area contributed by atoms with Gasteiger partial charge in [-0.2, -0.15) is 0 Å². The van der Waals surface area contributed by atoms with Gasteiger partial charge in [0.1, 0.15) is 16.3 Å². The Kier molecular flexibility index (Phi) is 3.98. The highest BCUT2D eigenvalue weighted by Gasteiger charge is 2.66. The molecule has 9 heteroatoms. The molecule has 0 aliphatic carbocycles. The van der Waals surface area contributed by atoms with Crippen LogP contribution in [0.25, 0.3) is 10.2 Å². The van der Waals surface area contributed by atoms with Gasteiger partial charge in [-0.3, -0.25) is 14.4 Å². The number of carbonyl (C=O) groups excluding carboxylic acids is 2. The Morgan fingerprint density at radius 3 is 3.03 bits per heavy atom. The molecule has 152 valence electrons. The Balaban J connectivity index is 1.29. The second-order valence-corrected chi connectivity index (χ2v) is 9.31. The lowest BCUT2D eigenvalue weighted by Gasteiger charge is -2.23. The van der Waals surface area contributed by atoms with E-state index in [1.807, 2.05) is 26.0 Å². The number of aromatic amines is 1. The average molecular weight is 414 g/mol. The number of fused-ring (bicyclic) bond motifs is 2. The Labute approximate surface area is 171 Å². The SMILES string of the molecule is Cc1sc2nc(CCNC(=O)[C@H]3[C@@H]4C=C[C@@]5(CN(C)C(=O)[C@@H]35)O4)[nH]c(=O)c2c1C. The van der Waals surface area contributed by atoms with Crippen molar-refractivity contribution in [1.82, 2.24) is 20.2 Å². The van der Waals surface area contributed by atoms with Crippen LogP contribution in [-0.4, -0.2) is 58.5 Å². The molecule has 2 aromatic rings. The van der Waals surface area contributed by atoms with Crippen molar-refractivity contribution in [3.63, 3.8) is 0 Å².